The lowest BCUT2D eigenvalue weighted by molar-refractivity contribution is 0.731. The Hall–Kier alpha value is -1.10. The summed E-state index contributed by atoms with van der Waals surface area (Å²) in [5.74, 6) is 0.858. The van der Waals surface area contributed by atoms with E-state index in [4.69, 9.17) is 17.3 Å². The molecule has 3 heterocycles. The summed E-state index contributed by atoms with van der Waals surface area (Å²) in [6, 6.07) is 4.07. The molecular formula is C13H14ClN3S. The van der Waals surface area contributed by atoms with E-state index < -0.39 is 0 Å². The Balaban J connectivity index is 1.93. The maximum Gasteiger partial charge on any atom is 0.147 e. The third-order valence-electron chi connectivity index (χ3n) is 3.28. The van der Waals surface area contributed by atoms with E-state index in [0.717, 1.165) is 30.9 Å². The number of hydrogen-bond donors (Lipinski definition) is 1. The van der Waals surface area contributed by atoms with Crippen LogP contribution in [0, 0.1) is 0 Å². The van der Waals surface area contributed by atoms with Gasteiger partial charge < -0.3 is 10.6 Å². The molecule has 2 N–H and O–H groups in total. The molecule has 2 aromatic rings. The molecule has 3 rings (SSSR count). The van der Waals surface area contributed by atoms with Crippen LogP contribution >= 0.6 is 22.9 Å². The molecule has 0 radical (unpaired) electrons. The van der Waals surface area contributed by atoms with Gasteiger partial charge in [-0.1, -0.05) is 11.6 Å². The number of nitrogens with zero attached hydrogens (tertiary/aromatic N) is 2. The lowest BCUT2D eigenvalue weighted by atomic mass is 10.1. The van der Waals surface area contributed by atoms with Gasteiger partial charge in [0.1, 0.15) is 5.82 Å². The maximum atomic E-state index is 6.36. The maximum absolute atomic E-state index is 6.36. The largest absolute Gasteiger partial charge is 0.351 e. The van der Waals surface area contributed by atoms with Crippen molar-refractivity contribution in [3.8, 4) is 0 Å². The fourth-order valence-electron chi connectivity index (χ4n) is 2.28. The highest BCUT2D eigenvalue weighted by Gasteiger charge is 2.20. The van der Waals surface area contributed by atoms with Crippen molar-refractivity contribution in [2.45, 2.75) is 19.5 Å². The van der Waals surface area contributed by atoms with E-state index in [9.17, 15) is 0 Å². The Bertz CT molecular complexity index is 567. The van der Waals surface area contributed by atoms with Crippen LogP contribution in [0.15, 0.2) is 23.7 Å². The minimum Gasteiger partial charge on any atom is -0.351 e. The molecule has 0 amide bonds. The van der Waals surface area contributed by atoms with Crippen LogP contribution in [0.25, 0.3) is 0 Å². The predicted octanol–water partition coefficient (Wildman–Crippen LogP) is 2.82. The van der Waals surface area contributed by atoms with Crippen molar-refractivity contribution < 1.29 is 0 Å². The van der Waals surface area contributed by atoms with Crippen molar-refractivity contribution >= 4 is 28.8 Å². The lowest BCUT2D eigenvalue weighted by Gasteiger charge is -2.29. The monoisotopic (exact) mass is 279 g/mol. The first-order valence-corrected chi connectivity index (χ1v) is 7.19. The van der Waals surface area contributed by atoms with Gasteiger partial charge in [0, 0.05) is 30.7 Å². The van der Waals surface area contributed by atoms with E-state index in [1.54, 1.807) is 6.20 Å². The second kappa shape index (κ2) is 4.88. The Morgan fingerprint density at radius 3 is 3.17 bits per heavy atom. The van der Waals surface area contributed by atoms with Gasteiger partial charge in [-0.05, 0) is 35.1 Å². The van der Waals surface area contributed by atoms with E-state index in [0.29, 0.717) is 11.6 Å². The van der Waals surface area contributed by atoms with Crippen LogP contribution in [-0.2, 0) is 19.5 Å². The summed E-state index contributed by atoms with van der Waals surface area (Å²) in [4.78, 5) is 8.13. The number of rotatable bonds is 2. The third-order valence-corrected chi connectivity index (χ3v) is 4.71. The van der Waals surface area contributed by atoms with Crippen molar-refractivity contribution in [2.24, 2.45) is 5.73 Å². The first-order valence-electron chi connectivity index (χ1n) is 5.93. The summed E-state index contributed by atoms with van der Waals surface area (Å²) in [5, 5.41) is 2.85. The van der Waals surface area contributed by atoms with E-state index in [-0.39, 0.29) is 0 Å². The van der Waals surface area contributed by atoms with Gasteiger partial charge in [0.2, 0.25) is 0 Å². The van der Waals surface area contributed by atoms with Crippen LogP contribution in [0.2, 0.25) is 5.02 Å². The Morgan fingerprint density at radius 2 is 2.33 bits per heavy atom. The van der Waals surface area contributed by atoms with Crippen LogP contribution < -0.4 is 10.6 Å². The third kappa shape index (κ3) is 2.00. The molecule has 0 aliphatic carbocycles. The molecule has 0 aromatic carbocycles. The van der Waals surface area contributed by atoms with Crippen molar-refractivity contribution in [1.29, 1.82) is 0 Å². The quantitative estimate of drug-likeness (QED) is 0.919. The molecule has 0 fully saturated rings. The number of hydrogen-bond acceptors (Lipinski definition) is 4. The van der Waals surface area contributed by atoms with Crippen molar-refractivity contribution in [3.63, 3.8) is 0 Å². The number of thiophene rings is 1. The van der Waals surface area contributed by atoms with Crippen LogP contribution in [-0.4, -0.2) is 11.5 Å². The molecule has 3 nitrogen and oxygen atoms in total. The predicted molar refractivity (Wildman–Crippen MR) is 76.2 cm³/mol. The Labute approximate surface area is 115 Å². The molecule has 1 aliphatic heterocycles. The second-order valence-electron chi connectivity index (χ2n) is 4.35. The first kappa shape index (κ1) is 12.0. The molecule has 0 saturated heterocycles. The van der Waals surface area contributed by atoms with Crippen LogP contribution in [0.4, 0.5) is 5.82 Å². The minimum atomic E-state index is 0.450. The summed E-state index contributed by atoms with van der Waals surface area (Å²) in [7, 11) is 0. The number of halogens is 1. The average Bonchev–Trinajstić information content (AvgIpc) is 2.86. The molecule has 0 atom stereocenters. The zero-order valence-electron chi connectivity index (χ0n) is 9.90. The zero-order chi connectivity index (χ0) is 12.5. The molecule has 2 aromatic heterocycles. The summed E-state index contributed by atoms with van der Waals surface area (Å²) < 4.78 is 0. The lowest BCUT2D eigenvalue weighted by Crippen LogP contribution is -2.30. The van der Waals surface area contributed by atoms with Crippen LogP contribution in [0.5, 0.6) is 0 Å². The molecular weight excluding hydrogens is 266 g/mol. The van der Waals surface area contributed by atoms with Gasteiger partial charge in [0.25, 0.3) is 0 Å². The molecule has 0 saturated carbocycles. The van der Waals surface area contributed by atoms with E-state index in [1.165, 1.54) is 10.4 Å². The van der Waals surface area contributed by atoms with Gasteiger partial charge in [-0.15, -0.1) is 11.3 Å². The summed E-state index contributed by atoms with van der Waals surface area (Å²) in [5.41, 5.74) is 8.03. The molecule has 0 unspecified atom stereocenters. The standard InChI is InChI=1S/C13H14ClN3S/c14-12-9(7-15)1-4-16-13(12)17-5-2-11-10(8-17)3-6-18-11/h1,3-4,6H,2,5,7-8,15H2. The van der Waals surface area contributed by atoms with Crippen molar-refractivity contribution in [3.05, 3.63) is 44.7 Å². The second-order valence-corrected chi connectivity index (χ2v) is 5.73. The van der Waals surface area contributed by atoms with Gasteiger partial charge in [0.15, 0.2) is 0 Å². The van der Waals surface area contributed by atoms with Crippen molar-refractivity contribution in [2.75, 3.05) is 11.4 Å². The molecule has 5 heteroatoms. The van der Waals surface area contributed by atoms with E-state index in [2.05, 4.69) is 21.3 Å². The number of nitrogens with two attached hydrogens (primary N) is 1. The fraction of sp³-hybridized carbons (Fsp3) is 0.308. The molecule has 0 bridgehead atoms. The minimum absolute atomic E-state index is 0.450. The van der Waals surface area contributed by atoms with E-state index in [1.807, 2.05) is 17.4 Å². The topological polar surface area (TPSA) is 42.1 Å². The SMILES string of the molecule is NCc1ccnc(N2CCc3sccc3C2)c1Cl. The summed E-state index contributed by atoms with van der Waals surface area (Å²) in [6.45, 7) is 2.31. The first-order chi connectivity index (χ1) is 8.79. The normalized spacial score (nSPS) is 14.7. The van der Waals surface area contributed by atoms with Crippen LogP contribution in [0.1, 0.15) is 16.0 Å². The van der Waals surface area contributed by atoms with Crippen molar-refractivity contribution in [1.82, 2.24) is 4.98 Å². The Morgan fingerprint density at radius 1 is 1.44 bits per heavy atom. The van der Waals surface area contributed by atoms with Gasteiger partial charge in [-0.25, -0.2) is 4.98 Å². The summed E-state index contributed by atoms with van der Waals surface area (Å²) in [6.07, 6.45) is 2.85. The Kier molecular flexibility index (Phi) is 3.24. The molecule has 94 valence electrons. The smallest absolute Gasteiger partial charge is 0.147 e. The average molecular weight is 280 g/mol. The number of aromatic nitrogens is 1. The highest BCUT2D eigenvalue weighted by molar-refractivity contribution is 7.10. The highest BCUT2D eigenvalue weighted by atomic mass is 35.5. The molecule has 1 aliphatic rings. The van der Waals surface area contributed by atoms with Gasteiger partial charge >= 0.3 is 0 Å². The number of fused-ring (bicyclic) bond motifs is 1. The molecule has 0 spiro atoms. The van der Waals surface area contributed by atoms with Crippen LogP contribution in [0.3, 0.4) is 0 Å². The fourth-order valence-corrected chi connectivity index (χ4v) is 3.48. The molecule has 18 heavy (non-hydrogen) atoms. The number of anilines is 1. The van der Waals surface area contributed by atoms with Gasteiger partial charge in [0.05, 0.1) is 5.02 Å². The van der Waals surface area contributed by atoms with Gasteiger partial charge in [-0.3, -0.25) is 0 Å². The summed E-state index contributed by atoms with van der Waals surface area (Å²) >= 11 is 8.20. The highest BCUT2D eigenvalue weighted by Crippen LogP contribution is 2.32. The van der Waals surface area contributed by atoms with E-state index >= 15 is 0 Å². The number of pyridine rings is 1. The zero-order valence-corrected chi connectivity index (χ0v) is 11.5. The van der Waals surface area contributed by atoms with Gasteiger partial charge in [-0.2, -0.15) is 0 Å².